The lowest BCUT2D eigenvalue weighted by Crippen LogP contribution is -2.46. The van der Waals surface area contributed by atoms with Crippen LogP contribution in [0.15, 0.2) is 48.5 Å². The van der Waals surface area contributed by atoms with Crippen molar-refractivity contribution in [3.63, 3.8) is 0 Å². The van der Waals surface area contributed by atoms with Gasteiger partial charge in [0.15, 0.2) is 5.54 Å². The number of hydrogen-bond acceptors (Lipinski definition) is 4. The monoisotopic (exact) mass is 395 g/mol. The fourth-order valence-corrected chi connectivity index (χ4v) is 3.43. The van der Waals surface area contributed by atoms with Crippen LogP contribution in [0.5, 0.6) is 0 Å². The molecule has 29 heavy (non-hydrogen) atoms. The van der Waals surface area contributed by atoms with Crippen molar-refractivity contribution in [2.75, 3.05) is 26.8 Å². The van der Waals surface area contributed by atoms with Crippen molar-refractivity contribution in [3.8, 4) is 0 Å². The van der Waals surface area contributed by atoms with Gasteiger partial charge < -0.3 is 15.4 Å². The Morgan fingerprint density at radius 3 is 2.45 bits per heavy atom. The number of amides is 4. The predicted octanol–water partition coefficient (Wildman–Crippen LogP) is 1.86. The van der Waals surface area contributed by atoms with E-state index in [9.17, 15) is 14.4 Å². The van der Waals surface area contributed by atoms with Crippen molar-refractivity contribution in [1.82, 2.24) is 15.5 Å². The summed E-state index contributed by atoms with van der Waals surface area (Å²) in [6.07, 6.45) is 0. The molecule has 2 N–H and O–H groups in total. The Morgan fingerprint density at radius 2 is 1.79 bits per heavy atom. The molecule has 2 aromatic rings. The summed E-state index contributed by atoms with van der Waals surface area (Å²) in [5, 5.41) is 5.49. The first-order chi connectivity index (χ1) is 13.9. The van der Waals surface area contributed by atoms with E-state index >= 15 is 0 Å². The van der Waals surface area contributed by atoms with Crippen LogP contribution in [0, 0.1) is 13.8 Å². The SMILES string of the molecule is COCCNC(=O)CN1C(=O)N[C@](c2ccccc2)(c2ccc(C)c(C)c2)C1=O. The van der Waals surface area contributed by atoms with Gasteiger partial charge in [-0.2, -0.15) is 0 Å². The standard InChI is InChI=1S/C22H25N3O4/c1-15-9-10-18(13-16(15)2)22(17-7-5-4-6-8-17)20(27)25(21(28)24-22)14-19(26)23-11-12-29-3/h4-10,13H,11-12,14H2,1-3H3,(H,23,26)(H,24,28)/t22-/m1/s1. The van der Waals surface area contributed by atoms with Crippen LogP contribution in [0.2, 0.25) is 0 Å². The zero-order valence-corrected chi connectivity index (χ0v) is 16.8. The molecule has 7 nitrogen and oxygen atoms in total. The minimum atomic E-state index is -1.37. The fourth-order valence-electron chi connectivity index (χ4n) is 3.43. The number of benzene rings is 2. The molecule has 1 atom stereocenters. The Bertz CT molecular complexity index is 929. The Kier molecular flexibility index (Phi) is 5.98. The minimum absolute atomic E-state index is 0.306. The van der Waals surface area contributed by atoms with Gasteiger partial charge in [0.1, 0.15) is 6.54 Å². The van der Waals surface area contributed by atoms with Crippen LogP contribution < -0.4 is 10.6 Å². The molecule has 0 saturated carbocycles. The van der Waals surface area contributed by atoms with Gasteiger partial charge >= 0.3 is 6.03 Å². The maximum atomic E-state index is 13.5. The molecule has 0 spiro atoms. The normalized spacial score (nSPS) is 18.7. The van der Waals surface area contributed by atoms with Gasteiger partial charge in [-0.25, -0.2) is 4.79 Å². The number of ether oxygens (including phenoxy) is 1. The molecule has 4 amide bonds. The summed E-state index contributed by atoms with van der Waals surface area (Å²) < 4.78 is 4.90. The molecular formula is C22H25N3O4. The number of rotatable bonds is 7. The van der Waals surface area contributed by atoms with Crippen molar-refractivity contribution < 1.29 is 19.1 Å². The van der Waals surface area contributed by atoms with E-state index in [1.54, 1.807) is 12.1 Å². The summed E-state index contributed by atoms with van der Waals surface area (Å²) in [5.41, 5.74) is 2.03. The Balaban J connectivity index is 1.99. The lowest BCUT2D eigenvalue weighted by atomic mass is 9.81. The zero-order chi connectivity index (χ0) is 21.0. The second kappa shape index (κ2) is 8.45. The van der Waals surface area contributed by atoms with E-state index in [4.69, 9.17) is 4.74 Å². The first-order valence-corrected chi connectivity index (χ1v) is 9.43. The Hall–Kier alpha value is -3.19. The molecule has 0 aromatic heterocycles. The van der Waals surface area contributed by atoms with Crippen LogP contribution in [0.25, 0.3) is 0 Å². The smallest absolute Gasteiger partial charge is 0.326 e. The highest BCUT2D eigenvalue weighted by Crippen LogP contribution is 2.36. The average Bonchev–Trinajstić information content (AvgIpc) is 2.96. The van der Waals surface area contributed by atoms with E-state index in [1.807, 2.05) is 50.2 Å². The molecule has 0 bridgehead atoms. The number of methoxy groups -OCH3 is 1. The summed E-state index contributed by atoms with van der Waals surface area (Å²) in [6.45, 7) is 4.25. The van der Waals surface area contributed by atoms with Gasteiger partial charge in [0.05, 0.1) is 6.61 Å². The molecule has 7 heteroatoms. The number of aryl methyl sites for hydroxylation is 2. The van der Waals surface area contributed by atoms with Crippen molar-refractivity contribution in [1.29, 1.82) is 0 Å². The van der Waals surface area contributed by atoms with E-state index < -0.39 is 23.4 Å². The van der Waals surface area contributed by atoms with Crippen LogP contribution in [0.1, 0.15) is 22.3 Å². The molecule has 1 aliphatic heterocycles. The number of nitrogens with one attached hydrogen (secondary N) is 2. The molecule has 1 aliphatic rings. The zero-order valence-electron chi connectivity index (χ0n) is 16.8. The summed E-state index contributed by atoms with van der Waals surface area (Å²) >= 11 is 0. The number of carbonyl (C=O) groups is 3. The highest BCUT2D eigenvalue weighted by Gasteiger charge is 2.54. The van der Waals surface area contributed by atoms with E-state index in [0.29, 0.717) is 24.3 Å². The minimum Gasteiger partial charge on any atom is -0.383 e. The van der Waals surface area contributed by atoms with Crippen LogP contribution in [-0.2, 0) is 19.9 Å². The topological polar surface area (TPSA) is 87.7 Å². The second-order valence-corrected chi connectivity index (χ2v) is 7.08. The van der Waals surface area contributed by atoms with Gasteiger partial charge in [0.25, 0.3) is 5.91 Å². The quantitative estimate of drug-likeness (QED) is 0.553. The molecule has 2 aromatic carbocycles. The van der Waals surface area contributed by atoms with Crippen LogP contribution >= 0.6 is 0 Å². The Morgan fingerprint density at radius 1 is 1.07 bits per heavy atom. The van der Waals surface area contributed by atoms with E-state index in [2.05, 4.69) is 10.6 Å². The highest BCUT2D eigenvalue weighted by atomic mass is 16.5. The predicted molar refractivity (Wildman–Crippen MR) is 108 cm³/mol. The van der Waals surface area contributed by atoms with Crippen molar-refractivity contribution in [2.24, 2.45) is 0 Å². The maximum absolute atomic E-state index is 13.5. The molecule has 3 rings (SSSR count). The third-order valence-electron chi connectivity index (χ3n) is 5.18. The Labute approximate surface area is 170 Å². The molecule has 152 valence electrons. The van der Waals surface area contributed by atoms with Gasteiger partial charge in [-0.05, 0) is 36.1 Å². The van der Waals surface area contributed by atoms with Crippen molar-refractivity contribution in [3.05, 3.63) is 70.8 Å². The number of imide groups is 1. The fraction of sp³-hybridized carbons (Fsp3) is 0.318. The molecule has 0 radical (unpaired) electrons. The van der Waals surface area contributed by atoms with Crippen molar-refractivity contribution >= 4 is 17.8 Å². The van der Waals surface area contributed by atoms with Gasteiger partial charge in [0, 0.05) is 13.7 Å². The second-order valence-electron chi connectivity index (χ2n) is 7.08. The van der Waals surface area contributed by atoms with Gasteiger partial charge in [-0.1, -0.05) is 48.5 Å². The van der Waals surface area contributed by atoms with Crippen molar-refractivity contribution in [2.45, 2.75) is 19.4 Å². The van der Waals surface area contributed by atoms with E-state index in [0.717, 1.165) is 16.0 Å². The third-order valence-corrected chi connectivity index (χ3v) is 5.18. The highest BCUT2D eigenvalue weighted by molar-refractivity contribution is 6.11. The number of urea groups is 1. The molecule has 0 aliphatic carbocycles. The summed E-state index contributed by atoms with van der Waals surface area (Å²) in [4.78, 5) is 39.5. The van der Waals surface area contributed by atoms with E-state index in [1.165, 1.54) is 7.11 Å². The first kappa shape index (κ1) is 20.5. The summed E-state index contributed by atoms with van der Waals surface area (Å²) in [5.74, 6) is -0.895. The molecule has 1 fully saturated rings. The lowest BCUT2D eigenvalue weighted by molar-refractivity contribution is -0.134. The molecule has 0 unspecified atom stereocenters. The number of hydrogen-bond donors (Lipinski definition) is 2. The number of nitrogens with zero attached hydrogens (tertiary/aromatic N) is 1. The summed E-state index contributed by atoms with van der Waals surface area (Å²) in [6, 6.07) is 14.2. The number of carbonyl (C=O) groups excluding carboxylic acids is 3. The maximum Gasteiger partial charge on any atom is 0.326 e. The molecular weight excluding hydrogens is 370 g/mol. The summed E-state index contributed by atoms with van der Waals surface area (Å²) in [7, 11) is 1.53. The third kappa shape index (κ3) is 3.86. The lowest BCUT2D eigenvalue weighted by Gasteiger charge is -2.28. The van der Waals surface area contributed by atoms with Crippen LogP contribution in [-0.4, -0.2) is 49.6 Å². The van der Waals surface area contributed by atoms with Crippen LogP contribution in [0.3, 0.4) is 0 Å². The van der Waals surface area contributed by atoms with Gasteiger partial charge in [0.2, 0.25) is 5.91 Å². The van der Waals surface area contributed by atoms with Gasteiger partial charge in [-0.3, -0.25) is 14.5 Å². The average molecular weight is 395 g/mol. The first-order valence-electron chi connectivity index (χ1n) is 9.43. The van der Waals surface area contributed by atoms with Crippen LogP contribution in [0.4, 0.5) is 4.79 Å². The molecule has 1 heterocycles. The van der Waals surface area contributed by atoms with Gasteiger partial charge in [-0.15, -0.1) is 0 Å². The molecule has 1 saturated heterocycles. The largest absolute Gasteiger partial charge is 0.383 e. The van der Waals surface area contributed by atoms with E-state index in [-0.39, 0.29) is 6.54 Å².